The lowest BCUT2D eigenvalue weighted by molar-refractivity contribution is -0.870. The Labute approximate surface area is 447 Å². The average molecular weight is 1030 g/mol. The first kappa shape index (κ1) is 70.2. The molecule has 2 N–H and O–H groups in total. The van der Waals surface area contributed by atoms with Gasteiger partial charge in [0, 0.05) is 6.42 Å². The van der Waals surface area contributed by atoms with Crippen LogP contribution in [0.15, 0.2) is 60.8 Å². The number of nitrogens with one attached hydrogen (secondary N) is 1. The first-order valence-electron chi connectivity index (χ1n) is 30.7. The van der Waals surface area contributed by atoms with E-state index >= 15 is 0 Å². The van der Waals surface area contributed by atoms with Crippen molar-refractivity contribution >= 4 is 13.7 Å². The highest BCUT2D eigenvalue weighted by Gasteiger charge is 2.23. The molecule has 422 valence electrons. The Bertz CT molecular complexity index is 1360. The highest BCUT2D eigenvalue weighted by molar-refractivity contribution is 7.45. The number of phosphoric acid groups is 1. The number of hydrogen-bond acceptors (Lipinski definition) is 6. The van der Waals surface area contributed by atoms with E-state index in [2.05, 4.69) is 67.8 Å². The van der Waals surface area contributed by atoms with E-state index in [1.807, 2.05) is 27.2 Å². The zero-order valence-corrected chi connectivity index (χ0v) is 49.0. The average Bonchev–Trinajstić information content (AvgIpc) is 3.34. The van der Waals surface area contributed by atoms with Crippen LogP contribution in [-0.4, -0.2) is 68.5 Å². The molecule has 0 bridgehead atoms. The number of aliphatic hydroxyl groups is 1. The SMILES string of the molecule is CC/C=C\C/C=C\C/C=C\C/C=C\CCCCCCCCCCCCCCCCCCCCCCC(=O)NC(COP(=O)([O-])OCC[N+](C)(C)C)C(O)/C=C/CCCCCCCCCCCCCCCCC. The number of likely N-dealkylation sites (N-methyl/N-ethyl adjacent to an activating group) is 1. The molecule has 0 saturated carbocycles. The minimum absolute atomic E-state index is 0.000451. The van der Waals surface area contributed by atoms with Gasteiger partial charge in [-0.3, -0.25) is 9.36 Å². The van der Waals surface area contributed by atoms with Crippen LogP contribution in [0, 0.1) is 0 Å². The molecule has 0 aromatic carbocycles. The van der Waals surface area contributed by atoms with Crippen molar-refractivity contribution in [3.8, 4) is 0 Å². The third-order valence-corrected chi connectivity index (χ3v) is 14.7. The van der Waals surface area contributed by atoms with Crippen LogP contribution >= 0.6 is 7.82 Å². The van der Waals surface area contributed by atoms with Crippen molar-refractivity contribution in [3.63, 3.8) is 0 Å². The Hall–Kier alpha value is -1.80. The van der Waals surface area contributed by atoms with Crippen LogP contribution in [0.3, 0.4) is 0 Å². The molecule has 0 rings (SSSR count). The molecule has 72 heavy (non-hydrogen) atoms. The molecule has 0 aromatic heterocycles. The number of allylic oxidation sites excluding steroid dienone is 9. The summed E-state index contributed by atoms with van der Waals surface area (Å²) in [6, 6.07) is -0.886. The minimum atomic E-state index is -4.60. The monoisotopic (exact) mass is 1030 g/mol. The molecule has 0 spiro atoms. The molecule has 0 radical (unpaired) electrons. The lowest BCUT2D eigenvalue weighted by atomic mass is 10.0. The number of carbonyl (C=O) groups is 1. The topological polar surface area (TPSA) is 108 Å². The van der Waals surface area contributed by atoms with Gasteiger partial charge in [0.2, 0.25) is 5.91 Å². The molecule has 0 aromatic rings. The van der Waals surface area contributed by atoms with Gasteiger partial charge in [-0.25, -0.2) is 0 Å². The van der Waals surface area contributed by atoms with Crippen LogP contribution in [0.5, 0.6) is 0 Å². The Morgan fingerprint density at radius 1 is 0.500 bits per heavy atom. The number of amides is 1. The largest absolute Gasteiger partial charge is 0.756 e. The number of rotatable bonds is 56. The highest BCUT2D eigenvalue weighted by atomic mass is 31.2. The number of hydrogen-bond donors (Lipinski definition) is 2. The van der Waals surface area contributed by atoms with Gasteiger partial charge in [-0.1, -0.05) is 280 Å². The van der Waals surface area contributed by atoms with Gasteiger partial charge < -0.3 is 28.8 Å². The van der Waals surface area contributed by atoms with Gasteiger partial charge in [-0.15, -0.1) is 0 Å². The van der Waals surface area contributed by atoms with Gasteiger partial charge in [0.1, 0.15) is 13.2 Å². The van der Waals surface area contributed by atoms with E-state index in [-0.39, 0.29) is 19.1 Å². The lowest BCUT2D eigenvalue weighted by Gasteiger charge is -2.29. The van der Waals surface area contributed by atoms with Crippen molar-refractivity contribution in [2.45, 2.75) is 296 Å². The van der Waals surface area contributed by atoms with Crippen LogP contribution in [0.1, 0.15) is 284 Å². The molecule has 9 heteroatoms. The van der Waals surface area contributed by atoms with Gasteiger partial charge in [-0.2, -0.15) is 0 Å². The van der Waals surface area contributed by atoms with Gasteiger partial charge >= 0.3 is 0 Å². The highest BCUT2D eigenvalue weighted by Crippen LogP contribution is 2.38. The van der Waals surface area contributed by atoms with Gasteiger partial charge in [-0.05, 0) is 57.8 Å². The molecule has 3 atom stereocenters. The second-order valence-corrected chi connectivity index (χ2v) is 23.4. The number of quaternary nitrogens is 1. The fourth-order valence-electron chi connectivity index (χ4n) is 8.97. The molecule has 0 aliphatic carbocycles. The smallest absolute Gasteiger partial charge is 0.268 e. The van der Waals surface area contributed by atoms with E-state index < -0.39 is 20.0 Å². The zero-order valence-electron chi connectivity index (χ0n) is 48.1. The lowest BCUT2D eigenvalue weighted by Crippen LogP contribution is -2.45. The number of aliphatic hydroxyl groups excluding tert-OH is 1. The predicted molar refractivity (Wildman–Crippen MR) is 311 cm³/mol. The van der Waals surface area contributed by atoms with E-state index in [4.69, 9.17) is 9.05 Å². The van der Waals surface area contributed by atoms with Crippen LogP contribution in [-0.2, 0) is 18.4 Å². The summed E-state index contributed by atoms with van der Waals surface area (Å²) in [4.78, 5) is 25.5. The number of nitrogens with zero attached hydrogens (tertiary/aromatic N) is 1. The molecule has 0 fully saturated rings. The van der Waals surface area contributed by atoms with Crippen molar-refractivity contribution in [1.82, 2.24) is 5.32 Å². The molecule has 0 aliphatic heterocycles. The van der Waals surface area contributed by atoms with Crippen molar-refractivity contribution in [2.75, 3.05) is 40.9 Å². The third kappa shape index (κ3) is 55.9. The third-order valence-electron chi connectivity index (χ3n) is 13.7. The maximum atomic E-state index is 13.0. The van der Waals surface area contributed by atoms with Crippen LogP contribution in [0.2, 0.25) is 0 Å². The van der Waals surface area contributed by atoms with Crippen molar-refractivity contribution in [2.24, 2.45) is 0 Å². The summed E-state index contributed by atoms with van der Waals surface area (Å²) in [7, 11) is 1.27. The summed E-state index contributed by atoms with van der Waals surface area (Å²) < 4.78 is 23.4. The summed E-state index contributed by atoms with van der Waals surface area (Å²) in [5.41, 5.74) is 0. The van der Waals surface area contributed by atoms with E-state index in [1.165, 1.54) is 199 Å². The Morgan fingerprint density at radius 3 is 1.24 bits per heavy atom. The van der Waals surface area contributed by atoms with Crippen LogP contribution in [0.25, 0.3) is 0 Å². The predicted octanol–water partition coefficient (Wildman–Crippen LogP) is 18.2. The summed E-state index contributed by atoms with van der Waals surface area (Å²) in [6.07, 6.45) is 73.1. The molecule has 3 unspecified atom stereocenters. The van der Waals surface area contributed by atoms with Crippen LogP contribution in [0.4, 0.5) is 0 Å². The maximum absolute atomic E-state index is 13.0. The first-order chi connectivity index (χ1) is 35.0. The molecule has 8 nitrogen and oxygen atoms in total. The molecular weight excluding hydrogens is 912 g/mol. The maximum Gasteiger partial charge on any atom is 0.268 e. The van der Waals surface area contributed by atoms with E-state index in [0.29, 0.717) is 17.4 Å². The standard InChI is InChI=1S/C63H119N2O6P/c1-6-8-10-12-14-16-18-20-22-24-25-26-27-28-29-30-31-32-33-34-35-36-37-38-39-41-43-45-47-49-51-53-55-57-63(67)64-61(60-71-72(68,69)70-59-58-65(3,4)5)62(66)56-54-52-50-48-46-44-42-40-23-21-19-17-15-13-11-9-7-2/h8,10,14,16,20,22,25-26,54,56,61-62,66H,6-7,9,11-13,15,17-19,21,23-24,27-53,55,57-60H2,1-5H3,(H-,64,67,68,69)/b10-8-,16-14-,22-20-,26-25-,56-54+. The molecule has 1 amide bonds. The van der Waals surface area contributed by atoms with Gasteiger partial charge in [0.05, 0.1) is 39.9 Å². The summed E-state index contributed by atoms with van der Waals surface area (Å²) in [5, 5.41) is 13.9. The van der Waals surface area contributed by atoms with E-state index in [0.717, 1.165) is 64.2 Å². The molecule has 0 aliphatic rings. The quantitative estimate of drug-likeness (QED) is 0.0272. The summed E-state index contributed by atoms with van der Waals surface area (Å²) in [6.45, 7) is 4.56. The Morgan fingerprint density at radius 2 is 0.847 bits per heavy atom. The summed E-state index contributed by atoms with van der Waals surface area (Å²) >= 11 is 0. The Balaban J connectivity index is 4.05. The van der Waals surface area contributed by atoms with Crippen molar-refractivity contribution in [1.29, 1.82) is 0 Å². The molecular formula is C63H119N2O6P. The van der Waals surface area contributed by atoms with Crippen LogP contribution < -0.4 is 10.2 Å². The Kier molecular flexibility index (Phi) is 52.7. The molecule has 0 saturated heterocycles. The molecule has 0 heterocycles. The normalized spacial score (nSPS) is 14.3. The zero-order chi connectivity index (χ0) is 52.7. The fraction of sp³-hybridized carbons (Fsp3) is 0.825. The van der Waals surface area contributed by atoms with Crippen molar-refractivity contribution in [3.05, 3.63) is 60.8 Å². The second-order valence-electron chi connectivity index (χ2n) is 22.0. The number of carbonyl (C=O) groups excluding carboxylic acids is 1. The van der Waals surface area contributed by atoms with E-state index in [1.54, 1.807) is 6.08 Å². The first-order valence-corrected chi connectivity index (χ1v) is 32.1. The van der Waals surface area contributed by atoms with E-state index in [9.17, 15) is 19.4 Å². The number of phosphoric ester groups is 1. The summed E-state index contributed by atoms with van der Waals surface area (Å²) in [5.74, 6) is -0.194. The number of unbranched alkanes of at least 4 members (excludes halogenated alkanes) is 35. The van der Waals surface area contributed by atoms with Gasteiger partial charge in [0.15, 0.2) is 0 Å². The van der Waals surface area contributed by atoms with Gasteiger partial charge in [0.25, 0.3) is 7.82 Å². The fourth-order valence-corrected chi connectivity index (χ4v) is 9.69. The second kappa shape index (κ2) is 54.0. The van der Waals surface area contributed by atoms with Crippen molar-refractivity contribution < 1.29 is 32.9 Å². The minimum Gasteiger partial charge on any atom is -0.756 e.